The van der Waals surface area contributed by atoms with Crippen LogP contribution in [0.25, 0.3) is 0 Å². The number of sulfonamides is 1. The Morgan fingerprint density at radius 3 is 2.60 bits per heavy atom. The van der Waals surface area contributed by atoms with Gasteiger partial charge in [-0.2, -0.15) is 0 Å². The fourth-order valence-corrected chi connectivity index (χ4v) is 3.09. The Morgan fingerprint density at radius 2 is 2.05 bits per heavy atom. The Bertz CT molecular complexity index is 584. The van der Waals surface area contributed by atoms with Crippen molar-refractivity contribution in [1.29, 1.82) is 0 Å². The molecule has 1 aromatic rings. The molecule has 112 valence electrons. The molecule has 0 fully saturated rings. The predicted molar refractivity (Wildman–Crippen MR) is 77.4 cm³/mol. The second-order valence-electron chi connectivity index (χ2n) is 4.72. The van der Waals surface area contributed by atoms with Gasteiger partial charge in [0, 0.05) is 6.54 Å². The highest BCUT2D eigenvalue weighted by atomic mass is 35.5. The summed E-state index contributed by atoms with van der Waals surface area (Å²) in [6.45, 7) is 4.32. The first-order valence-corrected chi connectivity index (χ1v) is 8.01. The van der Waals surface area contributed by atoms with Crippen LogP contribution in [-0.4, -0.2) is 28.0 Å². The summed E-state index contributed by atoms with van der Waals surface area (Å²) >= 11 is 5.90. The van der Waals surface area contributed by atoms with Crippen LogP contribution in [0, 0.1) is 5.92 Å². The van der Waals surface area contributed by atoms with Gasteiger partial charge in [-0.15, -0.1) is 0 Å². The van der Waals surface area contributed by atoms with E-state index in [4.69, 9.17) is 11.6 Å². The topological polar surface area (TPSA) is 72.5 Å². The molecular weight excluding hydrogens is 302 g/mol. The maximum atomic E-state index is 12.1. The van der Waals surface area contributed by atoms with Gasteiger partial charge in [0.2, 0.25) is 10.0 Å². The molecule has 1 aromatic carbocycles. The van der Waals surface area contributed by atoms with E-state index in [1.54, 1.807) is 0 Å². The van der Waals surface area contributed by atoms with Gasteiger partial charge in [0.25, 0.3) is 0 Å². The number of rotatable bonds is 6. The van der Waals surface area contributed by atoms with Crippen molar-refractivity contribution < 1.29 is 17.9 Å². The van der Waals surface area contributed by atoms with Crippen LogP contribution in [0.2, 0.25) is 5.02 Å². The molecule has 0 atom stereocenters. The summed E-state index contributed by atoms with van der Waals surface area (Å²) in [6, 6.07) is 4.00. The minimum absolute atomic E-state index is 0.0645. The van der Waals surface area contributed by atoms with Gasteiger partial charge in [0.05, 0.1) is 17.7 Å². The van der Waals surface area contributed by atoms with E-state index in [1.165, 1.54) is 25.3 Å². The van der Waals surface area contributed by atoms with Gasteiger partial charge in [-0.1, -0.05) is 25.4 Å². The molecule has 0 saturated carbocycles. The minimum Gasteiger partial charge on any atom is -0.465 e. The second kappa shape index (κ2) is 7.06. The highest BCUT2D eigenvalue weighted by molar-refractivity contribution is 7.89. The lowest BCUT2D eigenvalue weighted by Crippen LogP contribution is -2.26. The third-order valence-corrected chi connectivity index (χ3v) is 4.60. The van der Waals surface area contributed by atoms with E-state index < -0.39 is 16.0 Å². The van der Waals surface area contributed by atoms with E-state index in [1.807, 2.05) is 13.8 Å². The fraction of sp³-hybridized carbons (Fsp3) is 0.462. The molecule has 0 aliphatic heterocycles. The monoisotopic (exact) mass is 319 g/mol. The molecule has 0 aromatic heterocycles. The Kier molecular flexibility index (Phi) is 5.98. The smallest absolute Gasteiger partial charge is 0.337 e. The normalized spacial score (nSPS) is 11.7. The van der Waals surface area contributed by atoms with Crippen LogP contribution in [0.1, 0.15) is 30.6 Å². The molecule has 0 saturated heterocycles. The number of hydrogen-bond acceptors (Lipinski definition) is 4. The standard InChI is InChI=1S/C13H18ClNO4S/c1-9(2)6-7-15-20(17,18)12-8-10(13(16)19-3)4-5-11(12)14/h4-5,8-9,15H,6-7H2,1-3H3. The summed E-state index contributed by atoms with van der Waals surface area (Å²) in [6.07, 6.45) is 0.716. The third kappa shape index (κ3) is 4.47. The molecule has 1 rings (SSSR count). The van der Waals surface area contributed by atoms with Gasteiger partial charge in [0.15, 0.2) is 0 Å². The Morgan fingerprint density at radius 1 is 1.40 bits per heavy atom. The third-order valence-electron chi connectivity index (χ3n) is 2.66. The maximum Gasteiger partial charge on any atom is 0.337 e. The lowest BCUT2D eigenvalue weighted by atomic mass is 10.1. The predicted octanol–water partition coefficient (Wildman–Crippen LogP) is 2.45. The van der Waals surface area contributed by atoms with Crippen molar-refractivity contribution in [3.63, 3.8) is 0 Å². The van der Waals surface area contributed by atoms with Crippen molar-refractivity contribution in [2.75, 3.05) is 13.7 Å². The number of carbonyl (C=O) groups is 1. The van der Waals surface area contributed by atoms with Gasteiger partial charge in [-0.3, -0.25) is 0 Å². The second-order valence-corrected chi connectivity index (χ2v) is 6.86. The molecule has 0 spiro atoms. The summed E-state index contributed by atoms with van der Waals surface area (Å²) in [4.78, 5) is 11.3. The van der Waals surface area contributed by atoms with Crippen molar-refractivity contribution in [3.05, 3.63) is 28.8 Å². The van der Waals surface area contributed by atoms with Crippen molar-refractivity contribution >= 4 is 27.6 Å². The van der Waals surface area contributed by atoms with Crippen LogP contribution < -0.4 is 4.72 Å². The molecule has 0 amide bonds. The zero-order valence-electron chi connectivity index (χ0n) is 11.6. The van der Waals surface area contributed by atoms with Crippen LogP contribution in [0.3, 0.4) is 0 Å². The number of esters is 1. The number of methoxy groups -OCH3 is 1. The first kappa shape index (κ1) is 16.9. The number of nitrogens with one attached hydrogen (secondary N) is 1. The summed E-state index contributed by atoms with van der Waals surface area (Å²) in [5.41, 5.74) is 0.140. The average Bonchev–Trinajstić information content (AvgIpc) is 2.37. The Hall–Kier alpha value is -1.11. The highest BCUT2D eigenvalue weighted by Crippen LogP contribution is 2.23. The van der Waals surface area contributed by atoms with Crippen LogP contribution in [0.5, 0.6) is 0 Å². The van der Waals surface area contributed by atoms with E-state index in [9.17, 15) is 13.2 Å². The van der Waals surface area contributed by atoms with E-state index in [0.717, 1.165) is 0 Å². The van der Waals surface area contributed by atoms with Crippen LogP contribution in [-0.2, 0) is 14.8 Å². The van der Waals surface area contributed by atoms with E-state index in [2.05, 4.69) is 9.46 Å². The molecule has 7 heteroatoms. The molecule has 0 bridgehead atoms. The van der Waals surface area contributed by atoms with E-state index in [-0.39, 0.29) is 15.5 Å². The van der Waals surface area contributed by atoms with Gasteiger partial charge < -0.3 is 4.74 Å². The van der Waals surface area contributed by atoms with Gasteiger partial charge in [-0.05, 0) is 30.5 Å². The SMILES string of the molecule is COC(=O)c1ccc(Cl)c(S(=O)(=O)NCCC(C)C)c1. The molecule has 0 aliphatic rings. The van der Waals surface area contributed by atoms with Gasteiger partial charge in [0.1, 0.15) is 4.90 Å². The molecule has 5 nitrogen and oxygen atoms in total. The van der Waals surface area contributed by atoms with Gasteiger partial charge in [-0.25, -0.2) is 17.9 Å². The lowest BCUT2D eigenvalue weighted by Gasteiger charge is -2.10. The zero-order chi connectivity index (χ0) is 15.3. The van der Waals surface area contributed by atoms with Crippen molar-refractivity contribution in [2.45, 2.75) is 25.2 Å². The number of halogens is 1. The van der Waals surface area contributed by atoms with E-state index in [0.29, 0.717) is 18.9 Å². The minimum atomic E-state index is -3.74. The molecule has 0 unspecified atom stereocenters. The van der Waals surface area contributed by atoms with Crippen molar-refractivity contribution in [3.8, 4) is 0 Å². The average molecular weight is 320 g/mol. The molecule has 0 aliphatic carbocycles. The molecule has 0 radical (unpaired) electrons. The number of carbonyl (C=O) groups excluding carboxylic acids is 1. The number of benzene rings is 1. The quantitative estimate of drug-likeness (QED) is 0.817. The highest BCUT2D eigenvalue weighted by Gasteiger charge is 2.20. The summed E-state index contributed by atoms with van der Waals surface area (Å²) in [5.74, 6) is -0.227. The van der Waals surface area contributed by atoms with Crippen LogP contribution in [0.15, 0.2) is 23.1 Å². The molecule has 0 heterocycles. The van der Waals surface area contributed by atoms with Crippen LogP contribution in [0.4, 0.5) is 0 Å². The zero-order valence-corrected chi connectivity index (χ0v) is 13.2. The first-order chi connectivity index (χ1) is 9.27. The molecular formula is C13H18ClNO4S. The summed E-state index contributed by atoms with van der Waals surface area (Å²) in [7, 11) is -2.51. The Labute approximate surface area is 124 Å². The fourth-order valence-electron chi connectivity index (χ4n) is 1.51. The van der Waals surface area contributed by atoms with Crippen LogP contribution >= 0.6 is 11.6 Å². The summed E-state index contributed by atoms with van der Waals surface area (Å²) in [5, 5.41) is 0.0645. The molecule has 1 N–H and O–H groups in total. The first-order valence-electron chi connectivity index (χ1n) is 6.15. The van der Waals surface area contributed by atoms with Crippen molar-refractivity contribution in [2.24, 2.45) is 5.92 Å². The largest absolute Gasteiger partial charge is 0.465 e. The maximum absolute atomic E-state index is 12.1. The number of ether oxygens (including phenoxy) is 1. The van der Waals surface area contributed by atoms with Crippen molar-refractivity contribution in [1.82, 2.24) is 4.72 Å². The Balaban J connectivity index is 3.01. The molecule has 20 heavy (non-hydrogen) atoms. The summed E-state index contributed by atoms with van der Waals surface area (Å²) < 4.78 is 31.3. The van der Waals surface area contributed by atoms with E-state index >= 15 is 0 Å². The van der Waals surface area contributed by atoms with Gasteiger partial charge >= 0.3 is 5.97 Å². The number of hydrogen-bond donors (Lipinski definition) is 1. The lowest BCUT2D eigenvalue weighted by molar-refractivity contribution is 0.0600.